The van der Waals surface area contributed by atoms with Crippen LogP contribution in [0.15, 0.2) is 53.5 Å². The summed E-state index contributed by atoms with van der Waals surface area (Å²) in [6.45, 7) is 0.691. The zero-order valence-corrected chi connectivity index (χ0v) is 16.6. The maximum Gasteiger partial charge on any atom is 0.253 e. The second kappa shape index (κ2) is 8.87. The molecule has 2 aromatic carbocycles. The summed E-state index contributed by atoms with van der Waals surface area (Å²) in [7, 11) is 5.23. The maximum atomic E-state index is 13.9. The molecule has 0 aromatic heterocycles. The predicted molar refractivity (Wildman–Crippen MR) is 110 cm³/mol. The van der Waals surface area contributed by atoms with Crippen molar-refractivity contribution in [2.45, 2.75) is 24.8 Å². The Balaban J connectivity index is 1.49. The summed E-state index contributed by atoms with van der Waals surface area (Å²) in [6.07, 6.45) is 1.67. The fourth-order valence-electron chi connectivity index (χ4n) is 3.29. The van der Waals surface area contributed by atoms with Crippen molar-refractivity contribution < 1.29 is 9.18 Å². The molecule has 1 fully saturated rings. The standard InChI is InChI=1S/C22H27FN4O/c1-24-22(26-20-14-18(20)17-9-4-5-10-19(17)23)25-12-11-15-7-6-8-16(13-15)21(28)27(2)3/h4-10,13,18,20H,11-12,14H2,1-3H3,(H2,24,25,26). The van der Waals surface area contributed by atoms with Gasteiger partial charge >= 0.3 is 0 Å². The van der Waals surface area contributed by atoms with E-state index in [4.69, 9.17) is 0 Å². The molecule has 0 bridgehead atoms. The number of nitrogens with one attached hydrogen (secondary N) is 2. The third kappa shape index (κ3) is 4.88. The van der Waals surface area contributed by atoms with E-state index in [2.05, 4.69) is 15.6 Å². The Bertz CT molecular complexity index is 865. The second-order valence-corrected chi connectivity index (χ2v) is 7.26. The minimum Gasteiger partial charge on any atom is -0.356 e. The van der Waals surface area contributed by atoms with Crippen molar-refractivity contribution in [3.05, 3.63) is 71.0 Å². The fourth-order valence-corrected chi connectivity index (χ4v) is 3.29. The average molecular weight is 382 g/mol. The summed E-state index contributed by atoms with van der Waals surface area (Å²) in [4.78, 5) is 17.9. The lowest BCUT2D eigenvalue weighted by atomic mass is 10.1. The van der Waals surface area contributed by atoms with Crippen LogP contribution < -0.4 is 10.6 Å². The normalized spacial score (nSPS) is 18.5. The quantitative estimate of drug-likeness (QED) is 0.597. The van der Waals surface area contributed by atoms with Crippen LogP contribution in [0.4, 0.5) is 4.39 Å². The first kappa shape index (κ1) is 19.9. The first-order valence-electron chi connectivity index (χ1n) is 9.51. The molecule has 1 aliphatic rings. The number of halogens is 1. The third-order valence-corrected chi connectivity index (χ3v) is 4.93. The summed E-state index contributed by atoms with van der Waals surface area (Å²) >= 11 is 0. The highest BCUT2D eigenvalue weighted by atomic mass is 19.1. The van der Waals surface area contributed by atoms with E-state index in [0.29, 0.717) is 18.1 Å². The van der Waals surface area contributed by atoms with Gasteiger partial charge in [0, 0.05) is 45.2 Å². The van der Waals surface area contributed by atoms with Crippen molar-refractivity contribution in [3.63, 3.8) is 0 Å². The molecule has 2 aromatic rings. The van der Waals surface area contributed by atoms with Gasteiger partial charge in [0.25, 0.3) is 5.91 Å². The maximum absolute atomic E-state index is 13.9. The zero-order valence-electron chi connectivity index (χ0n) is 16.6. The lowest BCUT2D eigenvalue weighted by Crippen LogP contribution is -2.40. The van der Waals surface area contributed by atoms with Crippen molar-refractivity contribution in [2.75, 3.05) is 27.7 Å². The largest absolute Gasteiger partial charge is 0.356 e. The first-order chi connectivity index (χ1) is 13.5. The van der Waals surface area contributed by atoms with E-state index < -0.39 is 0 Å². The summed E-state index contributed by atoms with van der Waals surface area (Å²) in [5, 5.41) is 6.66. The van der Waals surface area contributed by atoms with Gasteiger partial charge in [0.1, 0.15) is 5.82 Å². The number of aliphatic imine (C=N–C) groups is 1. The van der Waals surface area contributed by atoms with Crippen molar-refractivity contribution in [2.24, 2.45) is 4.99 Å². The van der Waals surface area contributed by atoms with Crippen LogP contribution in [0.25, 0.3) is 0 Å². The number of benzene rings is 2. The molecule has 1 saturated carbocycles. The van der Waals surface area contributed by atoms with E-state index in [9.17, 15) is 9.18 Å². The minimum atomic E-state index is -0.146. The van der Waals surface area contributed by atoms with Gasteiger partial charge in [-0.1, -0.05) is 30.3 Å². The van der Waals surface area contributed by atoms with E-state index >= 15 is 0 Å². The van der Waals surface area contributed by atoms with E-state index in [-0.39, 0.29) is 23.7 Å². The van der Waals surface area contributed by atoms with Crippen molar-refractivity contribution >= 4 is 11.9 Å². The highest BCUT2D eigenvalue weighted by molar-refractivity contribution is 5.94. The molecule has 0 heterocycles. The van der Waals surface area contributed by atoms with Crippen LogP contribution in [0.1, 0.15) is 33.8 Å². The summed E-state index contributed by atoms with van der Waals surface area (Å²) in [5.41, 5.74) is 2.54. The van der Waals surface area contributed by atoms with Crippen LogP contribution in [-0.2, 0) is 6.42 Å². The van der Waals surface area contributed by atoms with Gasteiger partial charge in [-0.3, -0.25) is 9.79 Å². The number of amides is 1. The molecule has 0 spiro atoms. The Hall–Kier alpha value is -2.89. The number of hydrogen-bond donors (Lipinski definition) is 2. The lowest BCUT2D eigenvalue weighted by molar-refractivity contribution is 0.0827. The van der Waals surface area contributed by atoms with Crippen molar-refractivity contribution in [1.82, 2.24) is 15.5 Å². The number of carbonyl (C=O) groups excluding carboxylic acids is 1. The minimum absolute atomic E-state index is 0.000190. The van der Waals surface area contributed by atoms with E-state index in [0.717, 1.165) is 24.0 Å². The van der Waals surface area contributed by atoms with Gasteiger partial charge in [-0.25, -0.2) is 4.39 Å². The molecule has 0 saturated heterocycles. The Morgan fingerprint density at radius 2 is 2.00 bits per heavy atom. The number of rotatable bonds is 6. The van der Waals surface area contributed by atoms with Crippen LogP contribution in [-0.4, -0.2) is 50.5 Å². The average Bonchev–Trinajstić information content (AvgIpc) is 3.46. The molecule has 2 atom stereocenters. The molecule has 28 heavy (non-hydrogen) atoms. The molecule has 2 N–H and O–H groups in total. The van der Waals surface area contributed by atoms with E-state index in [1.807, 2.05) is 36.4 Å². The Morgan fingerprint density at radius 3 is 2.71 bits per heavy atom. The molecule has 0 aliphatic heterocycles. The van der Waals surface area contributed by atoms with E-state index in [1.54, 1.807) is 32.1 Å². The Kier molecular flexibility index (Phi) is 6.29. The smallest absolute Gasteiger partial charge is 0.253 e. The molecule has 148 valence electrons. The van der Waals surface area contributed by atoms with Gasteiger partial charge < -0.3 is 15.5 Å². The highest BCUT2D eigenvalue weighted by Crippen LogP contribution is 2.41. The molecule has 6 heteroatoms. The van der Waals surface area contributed by atoms with Gasteiger partial charge in [-0.05, 0) is 42.2 Å². The molecular formula is C22H27FN4O. The first-order valence-corrected chi connectivity index (χ1v) is 9.51. The van der Waals surface area contributed by atoms with Gasteiger partial charge in [0.15, 0.2) is 5.96 Å². The topological polar surface area (TPSA) is 56.7 Å². The number of nitrogens with zero attached hydrogens (tertiary/aromatic N) is 2. The van der Waals surface area contributed by atoms with Gasteiger partial charge in [0.05, 0.1) is 0 Å². The van der Waals surface area contributed by atoms with Gasteiger partial charge in [0.2, 0.25) is 0 Å². The molecule has 2 unspecified atom stereocenters. The van der Waals surface area contributed by atoms with Crippen LogP contribution in [0.2, 0.25) is 0 Å². The highest BCUT2D eigenvalue weighted by Gasteiger charge is 2.40. The summed E-state index contributed by atoms with van der Waals surface area (Å²) in [5.74, 6) is 0.755. The molecule has 5 nitrogen and oxygen atoms in total. The van der Waals surface area contributed by atoms with Crippen molar-refractivity contribution in [3.8, 4) is 0 Å². The molecule has 1 amide bonds. The summed E-state index contributed by atoms with van der Waals surface area (Å²) < 4.78 is 13.9. The summed E-state index contributed by atoms with van der Waals surface area (Å²) in [6, 6.07) is 14.8. The predicted octanol–water partition coefficient (Wildman–Crippen LogP) is 2.79. The van der Waals surface area contributed by atoms with Crippen LogP contribution in [0, 0.1) is 5.82 Å². The number of hydrogen-bond acceptors (Lipinski definition) is 2. The van der Waals surface area contributed by atoms with Crippen LogP contribution >= 0.6 is 0 Å². The van der Waals surface area contributed by atoms with Crippen LogP contribution in [0.3, 0.4) is 0 Å². The van der Waals surface area contributed by atoms with E-state index in [1.165, 1.54) is 6.07 Å². The monoisotopic (exact) mass is 382 g/mol. The van der Waals surface area contributed by atoms with Gasteiger partial charge in [-0.15, -0.1) is 0 Å². The molecule has 0 radical (unpaired) electrons. The second-order valence-electron chi connectivity index (χ2n) is 7.26. The Labute approximate surface area is 165 Å². The number of carbonyl (C=O) groups is 1. The zero-order chi connectivity index (χ0) is 20.1. The Morgan fingerprint density at radius 1 is 1.21 bits per heavy atom. The van der Waals surface area contributed by atoms with Gasteiger partial charge in [-0.2, -0.15) is 0 Å². The van der Waals surface area contributed by atoms with Crippen LogP contribution in [0.5, 0.6) is 0 Å². The molecule has 1 aliphatic carbocycles. The lowest BCUT2D eigenvalue weighted by Gasteiger charge is -2.13. The molecular weight excluding hydrogens is 355 g/mol. The molecule has 3 rings (SSSR count). The fraction of sp³-hybridized carbons (Fsp3) is 0.364. The number of guanidine groups is 1. The SMILES string of the molecule is CN=C(NCCc1cccc(C(=O)N(C)C)c1)NC1CC1c1ccccc1F. The van der Waals surface area contributed by atoms with Crippen molar-refractivity contribution in [1.29, 1.82) is 0 Å². The third-order valence-electron chi connectivity index (χ3n) is 4.93.